The lowest BCUT2D eigenvalue weighted by molar-refractivity contribution is 0.0580. The van der Waals surface area contributed by atoms with Gasteiger partial charge in [-0.1, -0.05) is 0 Å². The molecule has 0 saturated carbocycles. The fourth-order valence-electron chi connectivity index (χ4n) is 0.490. The van der Waals surface area contributed by atoms with Gasteiger partial charge in [-0.2, -0.15) is 8.42 Å². The zero-order valence-corrected chi connectivity index (χ0v) is 7.00. The number of hydrogen-bond acceptors (Lipinski definition) is 6. The second-order valence-corrected chi connectivity index (χ2v) is 3.59. The molecular formula is C4H12N2O4S. The fourth-order valence-corrected chi connectivity index (χ4v) is 1.12. The van der Waals surface area contributed by atoms with Crippen molar-refractivity contribution < 1.29 is 17.4 Å². The normalized spacial score (nSPS) is 14.8. The van der Waals surface area contributed by atoms with Crippen molar-refractivity contribution >= 4 is 10.1 Å². The predicted molar refractivity (Wildman–Crippen MR) is 38.9 cm³/mol. The highest BCUT2D eigenvalue weighted by molar-refractivity contribution is 7.86. The summed E-state index contributed by atoms with van der Waals surface area (Å²) in [6.45, 7) is 0.00778. The minimum Gasteiger partial charge on any atom is -0.328 e. The minimum atomic E-state index is -3.47. The van der Waals surface area contributed by atoms with Gasteiger partial charge in [0.15, 0.2) is 0 Å². The van der Waals surface area contributed by atoms with Crippen molar-refractivity contribution in [3.8, 4) is 0 Å². The van der Waals surface area contributed by atoms with E-state index in [0.29, 0.717) is 0 Å². The first-order valence-corrected chi connectivity index (χ1v) is 4.71. The molecule has 0 radical (unpaired) electrons. The molecule has 6 nitrogen and oxygen atoms in total. The second-order valence-electron chi connectivity index (χ2n) is 1.99. The van der Waals surface area contributed by atoms with Gasteiger partial charge in [0.25, 0.3) is 10.1 Å². The molecule has 0 saturated heterocycles. The van der Waals surface area contributed by atoms with E-state index in [1.54, 1.807) is 0 Å². The molecule has 0 aromatic rings. The van der Waals surface area contributed by atoms with Gasteiger partial charge in [-0.3, -0.25) is 4.18 Å². The highest BCUT2D eigenvalue weighted by atomic mass is 32.2. The molecule has 0 bridgehead atoms. The summed E-state index contributed by atoms with van der Waals surface area (Å²) in [6.07, 6.45) is 0.238. The number of nitrogens with two attached hydrogens (primary N) is 2. The van der Waals surface area contributed by atoms with E-state index in [2.05, 4.69) is 9.02 Å². The largest absolute Gasteiger partial charge is 0.328 e. The molecule has 0 spiro atoms. The minimum absolute atomic E-state index is 0.0381. The Morgan fingerprint density at radius 2 is 2.09 bits per heavy atom. The second kappa shape index (κ2) is 4.62. The summed E-state index contributed by atoms with van der Waals surface area (Å²) >= 11 is 0. The van der Waals surface area contributed by atoms with Gasteiger partial charge >= 0.3 is 0 Å². The molecule has 0 aliphatic rings. The van der Waals surface area contributed by atoms with Crippen LogP contribution in [0.2, 0.25) is 0 Å². The highest BCUT2D eigenvalue weighted by Gasteiger charge is 2.13. The summed E-state index contributed by atoms with van der Waals surface area (Å²) in [7, 11) is -3.47. The molecule has 0 heterocycles. The van der Waals surface area contributed by atoms with Crippen LogP contribution in [0.5, 0.6) is 0 Å². The molecular weight excluding hydrogens is 172 g/mol. The first-order chi connectivity index (χ1) is 4.99. The quantitative estimate of drug-likeness (QED) is 0.385. The van der Waals surface area contributed by atoms with E-state index < -0.39 is 16.2 Å². The summed E-state index contributed by atoms with van der Waals surface area (Å²) in [5.74, 6) is 4.69. The Kier molecular flexibility index (Phi) is 4.54. The maximum absolute atomic E-state index is 10.5. The lowest BCUT2D eigenvalue weighted by Crippen LogP contribution is -2.31. The molecule has 68 valence electrons. The van der Waals surface area contributed by atoms with Crippen LogP contribution in [0.1, 0.15) is 0 Å². The standard InChI is InChI=1S/C4H12N2O4S/c1-11(7,8)10-4(2-5)3-9-6/h4H,2-3,5-6H2,1H3. The van der Waals surface area contributed by atoms with Crippen molar-refractivity contribution in [2.24, 2.45) is 11.6 Å². The molecule has 0 amide bonds. The maximum atomic E-state index is 10.5. The monoisotopic (exact) mass is 184 g/mol. The molecule has 0 aliphatic carbocycles. The van der Waals surface area contributed by atoms with Gasteiger partial charge in [-0.15, -0.1) is 0 Å². The molecule has 0 rings (SSSR count). The summed E-state index contributed by atoms with van der Waals surface area (Å²) in [5.41, 5.74) is 5.14. The Morgan fingerprint density at radius 1 is 1.55 bits per heavy atom. The molecule has 11 heavy (non-hydrogen) atoms. The van der Waals surface area contributed by atoms with Gasteiger partial charge in [-0.05, 0) is 0 Å². The van der Waals surface area contributed by atoms with Crippen LogP contribution in [0.25, 0.3) is 0 Å². The Labute approximate surface area is 65.5 Å². The van der Waals surface area contributed by atoms with Gasteiger partial charge < -0.3 is 10.6 Å². The van der Waals surface area contributed by atoms with E-state index in [4.69, 9.17) is 11.6 Å². The van der Waals surface area contributed by atoms with Crippen LogP contribution in [-0.4, -0.2) is 33.9 Å². The van der Waals surface area contributed by atoms with Crippen molar-refractivity contribution in [3.63, 3.8) is 0 Å². The molecule has 0 aliphatic heterocycles. The van der Waals surface area contributed by atoms with Crippen LogP contribution >= 0.6 is 0 Å². The third-order valence-electron chi connectivity index (χ3n) is 0.856. The third kappa shape index (κ3) is 6.20. The lowest BCUT2D eigenvalue weighted by Gasteiger charge is -2.11. The predicted octanol–water partition coefficient (Wildman–Crippen LogP) is -1.82. The fraction of sp³-hybridized carbons (Fsp3) is 1.00. The number of rotatable bonds is 5. The van der Waals surface area contributed by atoms with Crippen LogP contribution in [0.4, 0.5) is 0 Å². The van der Waals surface area contributed by atoms with Crippen molar-refractivity contribution in [2.45, 2.75) is 6.10 Å². The Balaban J connectivity index is 3.88. The van der Waals surface area contributed by atoms with Gasteiger partial charge in [0, 0.05) is 6.54 Å². The van der Waals surface area contributed by atoms with E-state index in [9.17, 15) is 8.42 Å². The number of hydrogen-bond donors (Lipinski definition) is 2. The molecule has 0 fully saturated rings. The summed E-state index contributed by atoms with van der Waals surface area (Å²) < 4.78 is 25.5. The average Bonchev–Trinajstić information content (AvgIpc) is 1.84. The Hall–Kier alpha value is -0.210. The van der Waals surface area contributed by atoms with Crippen LogP contribution in [0.15, 0.2) is 0 Å². The Morgan fingerprint density at radius 3 is 2.36 bits per heavy atom. The highest BCUT2D eigenvalue weighted by Crippen LogP contribution is 1.95. The van der Waals surface area contributed by atoms with Crippen LogP contribution in [-0.2, 0) is 19.1 Å². The molecule has 1 atom stereocenters. The molecule has 1 unspecified atom stereocenters. The summed E-state index contributed by atoms with van der Waals surface area (Å²) in [4.78, 5) is 4.17. The summed E-state index contributed by atoms with van der Waals surface area (Å²) in [6, 6.07) is 0. The maximum Gasteiger partial charge on any atom is 0.264 e. The summed E-state index contributed by atoms with van der Waals surface area (Å²) in [5, 5.41) is 0. The topological polar surface area (TPSA) is 105 Å². The van der Waals surface area contributed by atoms with E-state index in [0.717, 1.165) is 6.26 Å². The van der Waals surface area contributed by atoms with Gasteiger partial charge in [0.05, 0.1) is 12.9 Å². The zero-order chi connectivity index (χ0) is 8.91. The van der Waals surface area contributed by atoms with Gasteiger partial charge in [0.2, 0.25) is 0 Å². The van der Waals surface area contributed by atoms with Crippen LogP contribution < -0.4 is 11.6 Å². The van der Waals surface area contributed by atoms with E-state index in [1.807, 2.05) is 0 Å². The Bertz CT molecular complexity index is 190. The van der Waals surface area contributed by atoms with Crippen LogP contribution in [0, 0.1) is 0 Å². The van der Waals surface area contributed by atoms with Crippen molar-refractivity contribution in [1.82, 2.24) is 0 Å². The van der Waals surface area contributed by atoms with Gasteiger partial charge in [-0.25, -0.2) is 5.90 Å². The van der Waals surface area contributed by atoms with Crippen LogP contribution in [0.3, 0.4) is 0 Å². The van der Waals surface area contributed by atoms with Crippen molar-refractivity contribution in [1.29, 1.82) is 0 Å². The smallest absolute Gasteiger partial charge is 0.264 e. The average molecular weight is 184 g/mol. The lowest BCUT2D eigenvalue weighted by atomic mass is 10.4. The van der Waals surface area contributed by atoms with E-state index >= 15 is 0 Å². The molecule has 0 aromatic heterocycles. The molecule has 7 heteroatoms. The zero-order valence-electron chi connectivity index (χ0n) is 6.19. The SMILES string of the molecule is CS(=O)(=O)OC(CN)CON. The van der Waals surface area contributed by atoms with Gasteiger partial charge in [0.1, 0.15) is 6.10 Å². The third-order valence-corrected chi connectivity index (χ3v) is 1.48. The molecule has 0 aromatic carbocycles. The van der Waals surface area contributed by atoms with E-state index in [1.165, 1.54) is 0 Å². The van der Waals surface area contributed by atoms with Crippen molar-refractivity contribution in [3.05, 3.63) is 0 Å². The molecule has 4 N–H and O–H groups in total. The first kappa shape index (κ1) is 10.8. The first-order valence-electron chi connectivity index (χ1n) is 2.89. The van der Waals surface area contributed by atoms with Crippen molar-refractivity contribution in [2.75, 3.05) is 19.4 Å². The van der Waals surface area contributed by atoms with E-state index in [-0.39, 0.29) is 13.2 Å².